The van der Waals surface area contributed by atoms with E-state index in [1.165, 1.54) is 7.11 Å². The van der Waals surface area contributed by atoms with E-state index < -0.39 is 30.2 Å². The van der Waals surface area contributed by atoms with Gasteiger partial charge >= 0.3 is 5.97 Å². The predicted molar refractivity (Wildman–Crippen MR) is 128 cm³/mol. The summed E-state index contributed by atoms with van der Waals surface area (Å²) in [4.78, 5) is 40.8. The molecule has 2 heterocycles. The number of fused-ring (bicyclic) bond motifs is 1. The molecule has 1 fully saturated rings. The van der Waals surface area contributed by atoms with E-state index in [1.54, 1.807) is 36.3 Å². The number of nitrogens with zero attached hydrogens (tertiary/aromatic N) is 1. The lowest BCUT2D eigenvalue weighted by Gasteiger charge is -2.36. The summed E-state index contributed by atoms with van der Waals surface area (Å²) in [5, 5.41) is 0. The zero-order valence-corrected chi connectivity index (χ0v) is 20.2. The van der Waals surface area contributed by atoms with Crippen molar-refractivity contribution in [3.8, 4) is 5.75 Å². The van der Waals surface area contributed by atoms with E-state index in [1.807, 2.05) is 24.3 Å². The molecule has 2 aromatic carbocycles. The highest BCUT2D eigenvalue weighted by molar-refractivity contribution is 6.11. The fourth-order valence-electron chi connectivity index (χ4n) is 5.40. The maximum Gasteiger partial charge on any atom is 0.337 e. The van der Waals surface area contributed by atoms with E-state index in [2.05, 4.69) is 0 Å². The van der Waals surface area contributed by atoms with Crippen molar-refractivity contribution in [3.05, 3.63) is 76.6 Å². The fourth-order valence-corrected chi connectivity index (χ4v) is 5.40. The number of Topliss-reactive ketones (excluding diaryl/α,β-unsaturated/α-hetero) is 1. The number of hydrogen-bond donors (Lipinski definition) is 0. The Balaban J connectivity index is 1.48. The molecule has 1 aliphatic carbocycles. The molecule has 0 saturated heterocycles. The highest BCUT2D eigenvalue weighted by atomic mass is 19.1. The smallest absolute Gasteiger partial charge is 0.337 e. The molecule has 188 valence electrons. The summed E-state index contributed by atoms with van der Waals surface area (Å²) in [6, 6.07) is 13.6. The van der Waals surface area contributed by atoms with Crippen LogP contribution in [0.3, 0.4) is 0 Å². The van der Waals surface area contributed by atoms with Gasteiger partial charge in [0.25, 0.3) is 5.91 Å². The van der Waals surface area contributed by atoms with Crippen LogP contribution in [0.4, 0.5) is 4.39 Å². The number of alkyl halides is 1. The van der Waals surface area contributed by atoms with Gasteiger partial charge in [-0.05, 0) is 61.1 Å². The molecule has 1 saturated carbocycles. The van der Waals surface area contributed by atoms with Gasteiger partial charge < -0.3 is 19.1 Å². The number of ketones is 1. The number of carbonyl (C=O) groups excluding carboxylic acids is 3. The number of amides is 1. The number of hydrogen-bond acceptors (Lipinski definition) is 6. The Bertz CT molecular complexity index is 1210. The van der Waals surface area contributed by atoms with E-state index in [0.717, 1.165) is 11.3 Å². The molecule has 0 spiro atoms. The lowest BCUT2D eigenvalue weighted by Crippen LogP contribution is -2.42. The van der Waals surface area contributed by atoms with Gasteiger partial charge in [-0.3, -0.25) is 9.59 Å². The average Bonchev–Trinajstić information content (AvgIpc) is 3.19. The second-order valence-corrected chi connectivity index (χ2v) is 9.39. The molecule has 5 rings (SSSR count). The molecule has 4 atom stereocenters. The third kappa shape index (κ3) is 4.25. The number of halogens is 1. The van der Waals surface area contributed by atoms with Crippen LogP contribution in [0.5, 0.6) is 5.75 Å². The number of methoxy groups -OCH3 is 2. The van der Waals surface area contributed by atoms with Crippen molar-refractivity contribution in [2.75, 3.05) is 20.8 Å². The molecule has 2 aliphatic heterocycles. The van der Waals surface area contributed by atoms with Crippen molar-refractivity contribution in [2.45, 2.75) is 44.0 Å². The second-order valence-electron chi connectivity index (χ2n) is 9.39. The highest BCUT2D eigenvalue weighted by Crippen LogP contribution is 2.47. The molecule has 1 amide bonds. The van der Waals surface area contributed by atoms with E-state index >= 15 is 0 Å². The van der Waals surface area contributed by atoms with Crippen LogP contribution in [-0.4, -0.2) is 55.6 Å². The Kier molecular flexibility index (Phi) is 6.51. The minimum absolute atomic E-state index is 0.0790. The number of carbonyl (C=O) groups is 3. The summed E-state index contributed by atoms with van der Waals surface area (Å²) in [7, 11) is 2.91. The molecule has 3 aliphatic rings. The molecule has 0 aromatic heterocycles. The van der Waals surface area contributed by atoms with Gasteiger partial charge in [0.2, 0.25) is 0 Å². The summed E-state index contributed by atoms with van der Waals surface area (Å²) in [5.74, 6) is -0.810. The van der Waals surface area contributed by atoms with Crippen molar-refractivity contribution >= 4 is 17.7 Å². The number of esters is 1. The molecule has 36 heavy (non-hydrogen) atoms. The molecule has 0 radical (unpaired) electrons. The first-order chi connectivity index (χ1) is 17.4. The molecule has 2 aromatic rings. The maximum absolute atomic E-state index is 14.2. The number of rotatable bonds is 6. The highest BCUT2D eigenvalue weighted by Gasteiger charge is 2.52. The first-order valence-corrected chi connectivity index (χ1v) is 12.1. The molecule has 0 bridgehead atoms. The number of ether oxygens (including phenoxy) is 3. The topological polar surface area (TPSA) is 82.1 Å². The molecular formula is C28H28FNO6. The van der Waals surface area contributed by atoms with Gasteiger partial charge in [0.15, 0.2) is 11.5 Å². The van der Waals surface area contributed by atoms with Gasteiger partial charge in [-0.25, -0.2) is 9.18 Å². The Morgan fingerprint density at radius 3 is 2.44 bits per heavy atom. The van der Waals surface area contributed by atoms with E-state index in [9.17, 15) is 18.8 Å². The third-order valence-corrected chi connectivity index (χ3v) is 7.33. The Hall–Kier alpha value is -3.68. The largest absolute Gasteiger partial charge is 0.497 e. The Labute approximate surface area is 208 Å². The zero-order valence-electron chi connectivity index (χ0n) is 20.2. The minimum atomic E-state index is -1.05. The van der Waals surface area contributed by atoms with Gasteiger partial charge in [-0.1, -0.05) is 24.3 Å². The summed E-state index contributed by atoms with van der Waals surface area (Å²) in [5.41, 5.74) is 2.34. The van der Waals surface area contributed by atoms with E-state index in [-0.39, 0.29) is 29.4 Å². The van der Waals surface area contributed by atoms with E-state index in [4.69, 9.17) is 14.2 Å². The average molecular weight is 494 g/mol. The van der Waals surface area contributed by atoms with Gasteiger partial charge in [0, 0.05) is 6.54 Å². The van der Waals surface area contributed by atoms with Gasteiger partial charge in [-0.2, -0.15) is 0 Å². The molecule has 7 nitrogen and oxygen atoms in total. The van der Waals surface area contributed by atoms with Crippen LogP contribution in [-0.2, 0) is 25.5 Å². The maximum atomic E-state index is 14.2. The Morgan fingerprint density at radius 1 is 1.06 bits per heavy atom. The van der Waals surface area contributed by atoms with Crippen LogP contribution >= 0.6 is 0 Å². The monoisotopic (exact) mass is 493 g/mol. The quantitative estimate of drug-likeness (QED) is 0.567. The lowest BCUT2D eigenvalue weighted by atomic mass is 9.77. The van der Waals surface area contributed by atoms with Gasteiger partial charge in [-0.15, -0.1) is 0 Å². The normalized spacial score (nSPS) is 25.2. The van der Waals surface area contributed by atoms with Crippen molar-refractivity contribution in [1.29, 1.82) is 0 Å². The van der Waals surface area contributed by atoms with E-state index in [0.29, 0.717) is 36.9 Å². The van der Waals surface area contributed by atoms with Crippen LogP contribution in [0.1, 0.15) is 46.8 Å². The fraction of sp³-hybridized carbons (Fsp3) is 0.393. The van der Waals surface area contributed by atoms with Crippen LogP contribution in [0.25, 0.3) is 0 Å². The zero-order chi connectivity index (χ0) is 25.4. The lowest BCUT2D eigenvalue weighted by molar-refractivity contribution is -0.136. The third-order valence-electron chi connectivity index (χ3n) is 7.33. The standard InChI is InChI=1S/C28H28FNO6/c1-34-20-10-3-16(4-11-20)13-14-30-24(17-5-7-18(8-6-17)28(33)35-2)23-25(31)21-15-19(29)9-12-22(21)36-26(23)27(30)32/h3-8,10-11,19,21-22,24H,9,12-15H2,1-2H3. The van der Waals surface area contributed by atoms with Crippen LogP contribution in [0.2, 0.25) is 0 Å². The van der Waals surface area contributed by atoms with Crippen LogP contribution in [0.15, 0.2) is 59.9 Å². The predicted octanol–water partition coefficient (Wildman–Crippen LogP) is 3.97. The van der Waals surface area contributed by atoms with Crippen LogP contribution in [0, 0.1) is 5.92 Å². The minimum Gasteiger partial charge on any atom is -0.497 e. The summed E-state index contributed by atoms with van der Waals surface area (Å²) in [6.07, 6.45) is -0.135. The second kappa shape index (κ2) is 9.76. The van der Waals surface area contributed by atoms with Crippen molar-refractivity contribution < 1.29 is 33.0 Å². The summed E-state index contributed by atoms with van der Waals surface area (Å²) < 4.78 is 30.3. The summed E-state index contributed by atoms with van der Waals surface area (Å²) in [6.45, 7) is 0.347. The summed E-state index contributed by atoms with van der Waals surface area (Å²) >= 11 is 0. The van der Waals surface area contributed by atoms with Crippen molar-refractivity contribution in [3.63, 3.8) is 0 Å². The SMILES string of the molecule is COC(=O)c1ccc(C2C3=C(OC4CCC(F)CC4C3=O)C(=O)N2CCc2ccc(OC)cc2)cc1. The Morgan fingerprint density at radius 2 is 1.78 bits per heavy atom. The molecular weight excluding hydrogens is 465 g/mol. The van der Waals surface area contributed by atoms with Gasteiger partial charge in [0.1, 0.15) is 18.0 Å². The van der Waals surface area contributed by atoms with Crippen molar-refractivity contribution in [1.82, 2.24) is 4.90 Å². The van der Waals surface area contributed by atoms with Crippen molar-refractivity contribution in [2.24, 2.45) is 5.92 Å². The van der Waals surface area contributed by atoms with Crippen LogP contribution < -0.4 is 4.74 Å². The molecule has 8 heteroatoms. The first kappa shape index (κ1) is 24.0. The molecule has 4 unspecified atom stereocenters. The van der Waals surface area contributed by atoms with Gasteiger partial charge in [0.05, 0.1) is 37.3 Å². The number of benzene rings is 2. The molecule has 0 N–H and O–H groups in total. The first-order valence-electron chi connectivity index (χ1n) is 12.1.